The number of rotatable bonds is 5. The van der Waals surface area contributed by atoms with Gasteiger partial charge in [0.1, 0.15) is 5.82 Å². The van der Waals surface area contributed by atoms with Gasteiger partial charge < -0.3 is 10.3 Å². The van der Waals surface area contributed by atoms with E-state index in [0.29, 0.717) is 23.5 Å². The SMILES string of the molecule is CC(C)CC[C@@]1(C(=O)c2cc(F)c3[nH]ccc3c2)CCNC1. The quantitative estimate of drug-likeness (QED) is 0.823. The Morgan fingerprint density at radius 2 is 2.23 bits per heavy atom. The molecule has 1 fully saturated rings. The first kappa shape index (κ1) is 15.2. The van der Waals surface area contributed by atoms with Crippen LogP contribution in [-0.2, 0) is 0 Å². The van der Waals surface area contributed by atoms with Gasteiger partial charge in [0.2, 0.25) is 0 Å². The van der Waals surface area contributed by atoms with E-state index in [1.807, 2.05) is 12.1 Å². The predicted octanol–water partition coefficient (Wildman–Crippen LogP) is 3.91. The van der Waals surface area contributed by atoms with Gasteiger partial charge in [-0.05, 0) is 49.9 Å². The lowest BCUT2D eigenvalue weighted by Crippen LogP contribution is -2.34. The van der Waals surface area contributed by atoms with Gasteiger partial charge in [0.05, 0.1) is 5.52 Å². The van der Waals surface area contributed by atoms with Crippen molar-refractivity contribution in [2.45, 2.75) is 33.1 Å². The van der Waals surface area contributed by atoms with Crippen molar-refractivity contribution >= 4 is 16.7 Å². The number of halogens is 1. The lowest BCUT2D eigenvalue weighted by molar-refractivity contribution is 0.0794. The first-order valence-corrected chi connectivity index (χ1v) is 8.04. The number of aromatic nitrogens is 1. The molecule has 0 unspecified atom stereocenters. The summed E-state index contributed by atoms with van der Waals surface area (Å²) in [4.78, 5) is 16.0. The highest BCUT2D eigenvalue weighted by Gasteiger charge is 2.41. The van der Waals surface area contributed by atoms with Gasteiger partial charge in [-0.25, -0.2) is 4.39 Å². The van der Waals surface area contributed by atoms with Crippen LogP contribution in [-0.4, -0.2) is 23.9 Å². The molecule has 2 N–H and O–H groups in total. The molecule has 0 amide bonds. The zero-order chi connectivity index (χ0) is 15.7. The number of H-pyrrole nitrogens is 1. The lowest BCUT2D eigenvalue weighted by Gasteiger charge is -2.27. The van der Waals surface area contributed by atoms with Crippen molar-refractivity contribution in [3.63, 3.8) is 0 Å². The van der Waals surface area contributed by atoms with E-state index in [4.69, 9.17) is 0 Å². The molecular formula is C18H23FN2O. The van der Waals surface area contributed by atoms with Crippen molar-refractivity contribution in [3.8, 4) is 0 Å². The highest BCUT2D eigenvalue weighted by Crippen LogP contribution is 2.37. The minimum Gasteiger partial charge on any atom is -0.359 e. The molecule has 0 bridgehead atoms. The Labute approximate surface area is 130 Å². The first-order chi connectivity index (χ1) is 10.5. The molecule has 1 saturated heterocycles. The number of fused-ring (bicyclic) bond motifs is 1. The average Bonchev–Trinajstić information content (AvgIpc) is 3.14. The van der Waals surface area contributed by atoms with Gasteiger partial charge in [-0.15, -0.1) is 0 Å². The number of nitrogens with one attached hydrogen (secondary N) is 2. The topological polar surface area (TPSA) is 44.9 Å². The molecule has 0 saturated carbocycles. The van der Waals surface area contributed by atoms with Crippen molar-refractivity contribution in [2.24, 2.45) is 11.3 Å². The molecule has 118 valence electrons. The smallest absolute Gasteiger partial charge is 0.170 e. The van der Waals surface area contributed by atoms with Crippen LogP contribution < -0.4 is 5.32 Å². The van der Waals surface area contributed by atoms with E-state index in [-0.39, 0.29) is 17.0 Å². The fourth-order valence-electron chi connectivity index (χ4n) is 3.39. The number of hydrogen-bond acceptors (Lipinski definition) is 2. The minimum atomic E-state index is -0.374. The van der Waals surface area contributed by atoms with E-state index in [1.165, 1.54) is 6.07 Å². The maximum absolute atomic E-state index is 14.2. The minimum absolute atomic E-state index is 0.0835. The molecule has 0 aliphatic carbocycles. The standard InChI is InChI=1S/C18H23FN2O/c1-12(2)3-5-18(6-8-20-11-18)17(22)14-9-13-4-7-21-16(13)15(19)10-14/h4,7,9-10,12,20-21H,3,5-6,8,11H2,1-2H3/t18-/m1/s1. The van der Waals surface area contributed by atoms with E-state index < -0.39 is 0 Å². The Morgan fingerprint density at radius 3 is 2.91 bits per heavy atom. The highest BCUT2D eigenvalue weighted by molar-refractivity contribution is 6.03. The number of carbonyl (C=O) groups is 1. The summed E-state index contributed by atoms with van der Waals surface area (Å²) in [6.45, 7) is 5.90. The molecule has 4 heteroatoms. The molecule has 1 atom stereocenters. The second kappa shape index (κ2) is 5.84. The normalized spacial score (nSPS) is 21.8. The third kappa shape index (κ3) is 2.68. The monoisotopic (exact) mass is 302 g/mol. The molecule has 1 aliphatic rings. The first-order valence-electron chi connectivity index (χ1n) is 8.04. The van der Waals surface area contributed by atoms with Crippen LogP contribution in [0.5, 0.6) is 0 Å². The van der Waals surface area contributed by atoms with Gasteiger partial charge in [0.15, 0.2) is 5.78 Å². The maximum Gasteiger partial charge on any atom is 0.170 e. The number of ketones is 1. The Bertz CT molecular complexity index is 683. The maximum atomic E-state index is 14.2. The summed E-state index contributed by atoms with van der Waals surface area (Å²) in [6, 6.07) is 5.01. The van der Waals surface area contributed by atoms with Gasteiger partial charge in [0, 0.05) is 29.1 Å². The van der Waals surface area contributed by atoms with Crippen molar-refractivity contribution in [1.29, 1.82) is 0 Å². The second-order valence-corrected chi connectivity index (χ2v) is 6.87. The third-order valence-corrected chi connectivity index (χ3v) is 4.80. The summed E-state index contributed by atoms with van der Waals surface area (Å²) in [5.41, 5.74) is 0.593. The molecule has 3 nitrogen and oxygen atoms in total. The summed E-state index contributed by atoms with van der Waals surface area (Å²) in [5.74, 6) is 0.296. The molecule has 1 aliphatic heterocycles. The van der Waals surface area contributed by atoms with Crippen LogP contribution in [0.4, 0.5) is 4.39 Å². The van der Waals surface area contributed by atoms with Crippen molar-refractivity contribution in [3.05, 3.63) is 35.8 Å². The van der Waals surface area contributed by atoms with E-state index in [2.05, 4.69) is 24.1 Å². The molecule has 1 aromatic carbocycles. The van der Waals surface area contributed by atoms with Crippen LogP contribution in [0.25, 0.3) is 10.9 Å². The Morgan fingerprint density at radius 1 is 1.41 bits per heavy atom. The third-order valence-electron chi connectivity index (χ3n) is 4.80. The largest absolute Gasteiger partial charge is 0.359 e. The van der Waals surface area contributed by atoms with Gasteiger partial charge >= 0.3 is 0 Å². The Balaban J connectivity index is 1.94. The number of aromatic amines is 1. The number of hydrogen-bond donors (Lipinski definition) is 2. The molecule has 0 radical (unpaired) electrons. The van der Waals surface area contributed by atoms with Gasteiger partial charge in [-0.3, -0.25) is 4.79 Å². The van der Waals surface area contributed by atoms with Gasteiger partial charge in [-0.2, -0.15) is 0 Å². The van der Waals surface area contributed by atoms with Crippen molar-refractivity contribution < 1.29 is 9.18 Å². The fourth-order valence-corrected chi connectivity index (χ4v) is 3.39. The zero-order valence-electron chi connectivity index (χ0n) is 13.2. The van der Waals surface area contributed by atoms with Crippen LogP contribution in [0.15, 0.2) is 24.4 Å². The molecule has 3 rings (SSSR count). The lowest BCUT2D eigenvalue weighted by atomic mass is 9.74. The number of Topliss-reactive ketones (excluding diaryl/α,β-unsaturated/α-hetero) is 1. The Hall–Kier alpha value is -1.68. The molecular weight excluding hydrogens is 279 g/mol. The van der Waals surface area contributed by atoms with Crippen LogP contribution in [0, 0.1) is 17.2 Å². The van der Waals surface area contributed by atoms with E-state index in [9.17, 15) is 9.18 Å². The molecule has 22 heavy (non-hydrogen) atoms. The fraction of sp³-hybridized carbons (Fsp3) is 0.500. The van der Waals surface area contributed by atoms with Crippen LogP contribution in [0.2, 0.25) is 0 Å². The van der Waals surface area contributed by atoms with E-state index in [1.54, 1.807) is 6.20 Å². The average molecular weight is 302 g/mol. The molecule has 0 spiro atoms. The summed E-state index contributed by atoms with van der Waals surface area (Å²) in [7, 11) is 0. The summed E-state index contributed by atoms with van der Waals surface area (Å²) >= 11 is 0. The number of carbonyl (C=O) groups excluding carboxylic acids is 1. The zero-order valence-corrected chi connectivity index (χ0v) is 13.2. The van der Waals surface area contributed by atoms with Crippen molar-refractivity contribution in [1.82, 2.24) is 10.3 Å². The number of benzene rings is 1. The van der Waals surface area contributed by atoms with Gasteiger partial charge in [0.25, 0.3) is 0 Å². The van der Waals surface area contributed by atoms with Crippen LogP contribution >= 0.6 is 0 Å². The predicted molar refractivity (Wildman–Crippen MR) is 86.6 cm³/mol. The van der Waals surface area contributed by atoms with Crippen molar-refractivity contribution in [2.75, 3.05) is 13.1 Å². The summed E-state index contributed by atoms with van der Waals surface area (Å²) < 4.78 is 14.2. The molecule has 2 aromatic rings. The van der Waals surface area contributed by atoms with E-state index >= 15 is 0 Å². The second-order valence-electron chi connectivity index (χ2n) is 6.87. The molecule has 1 aromatic heterocycles. The molecule has 2 heterocycles. The van der Waals surface area contributed by atoms with Gasteiger partial charge in [-0.1, -0.05) is 13.8 Å². The summed E-state index contributed by atoms with van der Waals surface area (Å²) in [6.07, 6.45) is 4.42. The van der Waals surface area contributed by atoms with Crippen LogP contribution in [0.3, 0.4) is 0 Å². The van der Waals surface area contributed by atoms with E-state index in [0.717, 1.165) is 31.2 Å². The van der Waals surface area contributed by atoms with Crippen LogP contribution in [0.1, 0.15) is 43.5 Å². The summed E-state index contributed by atoms with van der Waals surface area (Å²) in [5, 5.41) is 4.07. The Kier molecular flexibility index (Phi) is 4.04. The highest BCUT2D eigenvalue weighted by atomic mass is 19.1.